The molecule has 208 valence electrons. The second-order valence-corrected chi connectivity index (χ2v) is 14.6. The van der Waals surface area contributed by atoms with E-state index in [-0.39, 0.29) is 22.1 Å². The van der Waals surface area contributed by atoms with Crippen molar-refractivity contribution in [1.82, 2.24) is 0 Å². The lowest BCUT2D eigenvalue weighted by Crippen LogP contribution is -2.42. The Bertz CT molecular complexity index is 1740. The smallest absolute Gasteiger partial charge is 0.127 e. The first-order chi connectivity index (χ1) is 19.3. The minimum Gasteiger partial charge on any atom is -0.310 e. The summed E-state index contributed by atoms with van der Waals surface area (Å²) in [5, 5.41) is 2.20. The van der Waals surface area contributed by atoms with Crippen LogP contribution in [-0.4, -0.2) is 0 Å². The SMILES string of the molecule is CC1(C)c2cc(-c3ccc(N(c4ccc(Br)cc4)c4ccc(Br)cc4)c4ccccc34)cc(F)c2C(C)(C)C1(C)C. The second kappa shape index (κ2) is 9.81. The summed E-state index contributed by atoms with van der Waals surface area (Å²) < 4.78 is 18.2. The molecule has 4 heteroatoms. The normalized spacial score (nSPS) is 16.5. The van der Waals surface area contributed by atoms with E-state index < -0.39 is 0 Å². The Morgan fingerprint density at radius 2 is 1.15 bits per heavy atom. The Kier molecular flexibility index (Phi) is 6.75. The minimum atomic E-state index is -0.282. The number of benzene rings is 5. The summed E-state index contributed by atoms with van der Waals surface area (Å²) in [6.07, 6.45) is 0. The van der Waals surface area contributed by atoms with E-state index in [2.05, 4.69) is 169 Å². The van der Waals surface area contributed by atoms with Crippen molar-refractivity contribution in [1.29, 1.82) is 0 Å². The van der Waals surface area contributed by atoms with Crippen LogP contribution in [0, 0.1) is 11.2 Å². The number of halogens is 3. The topological polar surface area (TPSA) is 3.24 Å². The van der Waals surface area contributed by atoms with Gasteiger partial charge in [0.2, 0.25) is 0 Å². The molecule has 5 aromatic rings. The van der Waals surface area contributed by atoms with Crippen molar-refractivity contribution >= 4 is 59.7 Å². The Morgan fingerprint density at radius 1 is 0.610 bits per heavy atom. The lowest BCUT2D eigenvalue weighted by atomic mass is 9.59. The van der Waals surface area contributed by atoms with Gasteiger partial charge in [-0.2, -0.15) is 0 Å². The molecule has 0 saturated heterocycles. The Morgan fingerprint density at radius 3 is 1.71 bits per heavy atom. The number of hydrogen-bond acceptors (Lipinski definition) is 1. The highest BCUT2D eigenvalue weighted by atomic mass is 79.9. The fourth-order valence-corrected chi connectivity index (χ4v) is 7.19. The van der Waals surface area contributed by atoms with Crippen LogP contribution in [0.25, 0.3) is 21.9 Å². The predicted octanol–water partition coefficient (Wildman–Crippen LogP) is 12.2. The molecule has 0 fully saturated rings. The van der Waals surface area contributed by atoms with Crippen molar-refractivity contribution in [3.8, 4) is 11.1 Å². The third-order valence-corrected chi connectivity index (χ3v) is 11.2. The largest absolute Gasteiger partial charge is 0.310 e. The van der Waals surface area contributed by atoms with Crippen molar-refractivity contribution < 1.29 is 4.39 Å². The van der Waals surface area contributed by atoms with E-state index in [9.17, 15) is 0 Å². The van der Waals surface area contributed by atoms with Crippen molar-refractivity contribution in [2.45, 2.75) is 52.4 Å². The average molecular weight is 671 g/mol. The zero-order valence-corrected chi connectivity index (χ0v) is 27.5. The molecule has 0 atom stereocenters. The van der Waals surface area contributed by atoms with Crippen LogP contribution in [0.1, 0.15) is 52.7 Å². The summed E-state index contributed by atoms with van der Waals surface area (Å²) in [6.45, 7) is 13.4. The quantitative estimate of drug-likeness (QED) is 0.184. The van der Waals surface area contributed by atoms with Gasteiger partial charge in [-0.1, -0.05) is 110 Å². The van der Waals surface area contributed by atoms with E-state index in [0.717, 1.165) is 59.0 Å². The fourth-order valence-electron chi connectivity index (χ4n) is 6.66. The van der Waals surface area contributed by atoms with Crippen molar-refractivity contribution in [3.05, 3.63) is 123 Å². The summed E-state index contributed by atoms with van der Waals surface area (Å²) in [7, 11) is 0. The van der Waals surface area contributed by atoms with Crippen LogP contribution in [0.2, 0.25) is 0 Å². The first-order valence-electron chi connectivity index (χ1n) is 14.0. The van der Waals surface area contributed by atoms with Crippen molar-refractivity contribution in [3.63, 3.8) is 0 Å². The summed E-state index contributed by atoms with van der Waals surface area (Å²) in [6, 6.07) is 33.5. The van der Waals surface area contributed by atoms with E-state index in [1.807, 2.05) is 0 Å². The standard InChI is InChI=1S/C37H34Br2FN/c1-35(2)31-21-23(22-32(40)34(31)36(3,4)37(35,5)6)28-19-20-33(30-10-8-7-9-29(28)30)41(26-15-11-24(38)12-16-26)27-17-13-25(39)14-18-27/h7-22H,1-6H3. The molecule has 1 aliphatic carbocycles. The van der Waals surface area contributed by atoms with Crippen molar-refractivity contribution in [2.24, 2.45) is 5.41 Å². The summed E-state index contributed by atoms with van der Waals surface area (Å²) in [4.78, 5) is 2.28. The number of hydrogen-bond donors (Lipinski definition) is 0. The lowest BCUT2D eigenvalue weighted by Gasteiger charge is -2.44. The van der Waals surface area contributed by atoms with Gasteiger partial charge in [0.1, 0.15) is 5.82 Å². The molecule has 0 N–H and O–H groups in total. The van der Waals surface area contributed by atoms with E-state index >= 15 is 4.39 Å². The number of rotatable bonds is 4. The molecule has 0 saturated carbocycles. The van der Waals surface area contributed by atoms with Crippen LogP contribution in [-0.2, 0) is 10.8 Å². The zero-order valence-electron chi connectivity index (χ0n) is 24.3. The molecule has 6 rings (SSSR count). The van der Waals surface area contributed by atoms with E-state index in [4.69, 9.17) is 0 Å². The van der Waals surface area contributed by atoms with Gasteiger partial charge in [-0.25, -0.2) is 4.39 Å². The molecule has 0 aromatic heterocycles. The third kappa shape index (κ3) is 4.29. The summed E-state index contributed by atoms with van der Waals surface area (Å²) in [5.41, 5.74) is 6.54. The molecule has 0 bridgehead atoms. The lowest BCUT2D eigenvalue weighted by molar-refractivity contribution is 0.123. The molecule has 41 heavy (non-hydrogen) atoms. The van der Waals surface area contributed by atoms with Gasteiger partial charge in [0.05, 0.1) is 5.69 Å². The number of anilines is 3. The molecule has 0 heterocycles. The van der Waals surface area contributed by atoms with Gasteiger partial charge < -0.3 is 4.90 Å². The van der Waals surface area contributed by atoms with Gasteiger partial charge in [-0.15, -0.1) is 0 Å². The predicted molar refractivity (Wildman–Crippen MR) is 179 cm³/mol. The van der Waals surface area contributed by atoms with Crippen LogP contribution in [0.3, 0.4) is 0 Å². The maximum absolute atomic E-state index is 16.1. The highest BCUT2D eigenvalue weighted by Crippen LogP contribution is 2.62. The molecular formula is C37H34Br2FN. The number of fused-ring (bicyclic) bond motifs is 2. The molecule has 0 radical (unpaired) electrons. The fraction of sp³-hybridized carbons (Fsp3) is 0.243. The molecule has 0 amide bonds. The van der Waals surface area contributed by atoms with E-state index in [1.165, 1.54) is 0 Å². The zero-order chi connectivity index (χ0) is 29.3. The third-order valence-electron chi connectivity index (χ3n) is 10.1. The van der Waals surface area contributed by atoms with Gasteiger partial charge >= 0.3 is 0 Å². The van der Waals surface area contributed by atoms with Crippen molar-refractivity contribution in [2.75, 3.05) is 4.90 Å². The minimum absolute atomic E-state index is 0.108. The first-order valence-corrected chi connectivity index (χ1v) is 15.6. The first kappa shape index (κ1) is 28.2. The average Bonchev–Trinajstić information content (AvgIpc) is 3.04. The van der Waals surface area contributed by atoms with Gasteiger partial charge in [0.15, 0.2) is 0 Å². The monoisotopic (exact) mass is 669 g/mol. The molecular weight excluding hydrogens is 637 g/mol. The van der Waals surface area contributed by atoms with E-state index in [0.29, 0.717) is 0 Å². The second-order valence-electron chi connectivity index (χ2n) is 12.7. The Hall–Kier alpha value is -2.95. The Labute approximate surface area is 259 Å². The van der Waals surface area contributed by atoms with E-state index in [1.54, 1.807) is 6.07 Å². The van der Waals surface area contributed by atoms with Crippen LogP contribution in [0.4, 0.5) is 21.5 Å². The molecule has 5 aromatic carbocycles. The Balaban J connectivity index is 1.58. The van der Waals surface area contributed by atoms with Gasteiger partial charge in [-0.3, -0.25) is 0 Å². The number of nitrogens with zero attached hydrogens (tertiary/aromatic N) is 1. The van der Waals surface area contributed by atoms with Crippen LogP contribution >= 0.6 is 31.9 Å². The maximum Gasteiger partial charge on any atom is 0.127 e. The molecule has 1 aliphatic rings. The van der Waals surface area contributed by atoms with Crippen LogP contribution in [0.5, 0.6) is 0 Å². The van der Waals surface area contributed by atoms with Crippen LogP contribution < -0.4 is 4.90 Å². The summed E-state index contributed by atoms with van der Waals surface area (Å²) in [5.74, 6) is -0.111. The highest BCUT2D eigenvalue weighted by Gasteiger charge is 2.58. The van der Waals surface area contributed by atoms with Gasteiger partial charge in [0, 0.05) is 25.7 Å². The van der Waals surface area contributed by atoms with Gasteiger partial charge in [0.25, 0.3) is 0 Å². The van der Waals surface area contributed by atoms with Gasteiger partial charge in [-0.05, 0) is 105 Å². The van der Waals surface area contributed by atoms with Crippen LogP contribution in [0.15, 0.2) is 106 Å². The highest BCUT2D eigenvalue weighted by molar-refractivity contribution is 9.10. The molecule has 1 nitrogen and oxygen atoms in total. The maximum atomic E-state index is 16.1. The molecule has 0 unspecified atom stereocenters. The molecule has 0 spiro atoms. The summed E-state index contributed by atoms with van der Waals surface area (Å²) >= 11 is 7.17. The molecule has 0 aliphatic heterocycles.